The van der Waals surface area contributed by atoms with Crippen LogP contribution in [0.4, 0.5) is 9.59 Å². The zero-order chi connectivity index (χ0) is 17.2. The lowest BCUT2D eigenvalue weighted by molar-refractivity contribution is 0.0708. The van der Waals surface area contributed by atoms with E-state index in [9.17, 15) is 9.59 Å². The maximum absolute atomic E-state index is 12.2. The molecule has 3 aliphatic heterocycles. The quantitative estimate of drug-likeness (QED) is 0.901. The van der Waals surface area contributed by atoms with Gasteiger partial charge in [0.05, 0.1) is 6.04 Å². The second-order valence-electron chi connectivity index (χ2n) is 6.81. The summed E-state index contributed by atoms with van der Waals surface area (Å²) in [6, 6.07) is 9.93. The highest BCUT2D eigenvalue weighted by Crippen LogP contribution is 2.29. The van der Waals surface area contributed by atoms with E-state index in [1.807, 2.05) is 35.2 Å². The van der Waals surface area contributed by atoms with Gasteiger partial charge in [-0.1, -0.05) is 30.3 Å². The van der Waals surface area contributed by atoms with Crippen LogP contribution in [0.3, 0.4) is 0 Å². The van der Waals surface area contributed by atoms with E-state index < -0.39 is 0 Å². The van der Waals surface area contributed by atoms with Gasteiger partial charge in [0.15, 0.2) is 0 Å². The van der Waals surface area contributed by atoms with Crippen LogP contribution in [0.2, 0.25) is 0 Å². The number of nitrogens with zero attached hydrogens (tertiary/aromatic N) is 2. The van der Waals surface area contributed by atoms with Gasteiger partial charge in [-0.3, -0.25) is 4.90 Å². The van der Waals surface area contributed by atoms with Gasteiger partial charge < -0.3 is 19.7 Å². The third kappa shape index (κ3) is 3.28. The maximum Gasteiger partial charge on any atom is 0.410 e. The van der Waals surface area contributed by atoms with Gasteiger partial charge in [0.1, 0.15) is 12.7 Å². The number of benzene rings is 1. The van der Waals surface area contributed by atoms with Crippen LogP contribution in [0.5, 0.6) is 0 Å². The number of fused-ring (bicyclic) bond motifs is 1. The SMILES string of the molecule is O=C(OCc1ccccc1)N1CCC(N2C(=O)O[C@H]3CNC[C@H]32)CC1. The van der Waals surface area contributed by atoms with Gasteiger partial charge in [-0.15, -0.1) is 0 Å². The van der Waals surface area contributed by atoms with Crippen LogP contribution in [0.15, 0.2) is 30.3 Å². The van der Waals surface area contributed by atoms with Crippen molar-refractivity contribution in [3.63, 3.8) is 0 Å². The first-order chi connectivity index (χ1) is 12.2. The largest absolute Gasteiger partial charge is 0.445 e. The summed E-state index contributed by atoms with van der Waals surface area (Å²) in [5.41, 5.74) is 0.977. The normalized spacial score (nSPS) is 26.5. The Labute approximate surface area is 146 Å². The molecule has 1 aromatic carbocycles. The number of nitrogens with one attached hydrogen (secondary N) is 1. The molecule has 3 saturated heterocycles. The number of hydrogen-bond donors (Lipinski definition) is 1. The van der Waals surface area contributed by atoms with E-state index >= 15 is 0 Å². The Morgan fingerprint density at radius 1 is 1.20 bits per heavy atom. The van der Waals surface area contributed by atoms with E-state index in [2.05, 4.69) is 5.32 Å². The smallest absolute Gasteiger partial charge is 0.410 e. The number of carbonyl (C=O) groups excluding carboxylic acids is 2. The zero-order valence-electron chi connectivity index (χ0n) is 14.1. The lowest BCUT2D eigenvalue weighted by Gasteiger charge is -2.37. The van der Waals surface area contributed by atoms with Crippen molar-refractivity contribution in [3.8, 4) is 0 Å². The highest BCUT2D eigenvalue weighted by atomic mass is 16.6. The third-order valence-electron chi connectivity index (χ3n) is 5.27. The van der Waals surface area contributed by atoms with Crippen molar-refractivity contribution in [1.82, 2.24) is 15.1 Å². The van der Waals surface area contributed by atoms with Gasteiger partial charge >= 0.3 is 12.2 Å². The third-order valence-corrected chi connectivity index (χ3v) is 5.27. The van der Waals surface area contributed by atoms with E-state index in [1.54, 1.807) is 4.90 Å². The molecule has 1 aromatic rings. The summed E-state index contributed by atoms with van der Waals surface area (Å²) in [6.45, 7) is 3.01. The molecule has 7 heteroatoms. The summed E-state index contributed by atoms with van der Waals surface area (Å²) < 4.78 is 10.8. The van der Waals surface area contributed by atoms with E-state index in [0.717, 1.165) is 31.5 Å². The molecule has 0 saturated carbocycles. The molecular weight excluding hydrogens is 322 g/mol. The summed E-state index contributed by atoms with van der Waals surface area (Å²) in [7, 11) is 0. The van der Waals surface area contributed by atoms with Gasteiger partial charge in [0.25, 0.3) is 0 Å². The van der Waals surface area contributed by atoms with E-state index in [1.165, 1.54) is 0 Å². The maximum atomic E-state index is 12.2. The number of likely N-dealkylation sites (tertiary alicyclic amines) is 1. The van der Waals surface area contributed by atoms with Gasteiger partial charge in [0, 0.05) is 32.2 Å². The topological polar surface area (TPSA) is 71.1 Å². The van der Waals surface area contributed by atoms with Crippen LogP contribution in [-0.4, -0.2) is 66.4 Å². The van der Waals surface area contributed by atoms with E-state index in [0.29, 0.717) is 13.1 Å². The lowest BCUT2D eigenvalue weighted by Crippen LogP contribution is -2.51. The van der Waals surface area contributed by atoms with Gasteiger partial charge in [0.2, 0.25) is 0 Å². The molecular formula is C18H23N3O4. The van der Waals surface area contributed by atoms with Crippen molar-refractivity contribution < 1.29 is 19.1 Å². The van der Waals surface area contributed by atoms with Crippen molar-refractivity contribution in [2.24, 2.45) is 0 Å². The van der Waals surface area contributed by atoms with Crippen LogP contribution in [0, 0.1) is 0 Å². The molecule has 0 radical (unpaired) electrons. The Morgan fingerprint density at radius 2 is 1.96 bits per heavy atom. The van der Waals surface area contributed by atoms with Gasteiger partial charge in [-0.25, -0.2) is 9.59 Å². The van der Waals surface area contributed by atoms with Crippen molar-refractivity contribution in [2.75, 3.05) is 26.2 Å². The van der Waals surface area contributed by atoms with Crippen LogP contribution < -0.4 is 5.32 Å². The fourth-order valence-corrected chi connectivity index (χ4v) is 3.92. The summed E-state index contributed by atoms with van der Waals surface area (Å²) in [4.78, 5) is 28.0. The van der Waals surface area contributed by atoms with E-state index in [-0.39, 0.29) is 37.0 Å². The first-order valence-electron chi connectivity index (χ1n) is 8.87. The number of piperidine rings is 1. The highest BCUT2D eigenvalue weighted by molar-refractivity contribution is 5.72. The number of carbonyl (C=O) groups is 2. The number of hydrogen-bond acceptors (Lipinski definition) is 5. The average Bonchev–Trinajstić information content (AvgIpc) is 3.21. The van der Waals surface area contributed by atoms with Crippen molar-refractivity contribution in [1.29, 1.82) is 0 Å². The number of ether oxygens (including phenoxy) is 2. The van der Waals surface area contributed by atoms with Crippen LogP contribution in [-0.2, 0) is 16.1 Å². The molecule has 2 atom stereocenters. The molecule has 7 nitrogen and oxygen atoms in total. The molecule has 3 heterocycles. The highest BCUT2D eigenvalue weighted by Gasteiger charge is 2.48. The summed E-state index contributed by atoms with van der Waals surface area (Å²) in [5, 5.41) is 3.27. The van der Waals surface area contributed by atoms with Crippen molar-refractivity contribution in [3.05, 3.63) is 35.9 Å². The van der Waals surface area contributed by atoms with Gasteiger partial charge in [-0.2, -0.15) is 0 Å². The molecule has 0 spiro atoms. The van der Waals surface area contributed by atoms with Crippen LogP contribution in [0.1, 0.15) is 18.4 Å². The molecule has 1 N–H and O–H groups in total. The Hall–Kier alpha value is -2.28. The second-order valence-corrected chi connectivity index (χ2v) is 6.81. The summed E-state index contributed by atoms with van der Waals surface area (Å²) in [6.07, 6.45) is 1.01. The Balaban J connectivity index is 1.28. The minimum absolute atomic E-state index is 0.0265. The first kappa shape index (κ1) is 16.2. The second kappa shape index (κ2) is 6.92. The molecule has 2 amide bonds. The number of amides is 2. The first-order valence-corrected chi connectivity index (χ1v) is 8.87. The fraction of sp³-hybridized carbons (Fsp3) is 0.556. The number of rotatable bonds is 3. The molecule has 25 heavy (non-hydrogen) atoms. The molecule has 0 unspecified atom stereocenters. The summed E-state index contributed by atoms with van der Waals surface area (Å²) >= 11 is 0. The lowest BCUT2D eigenvalue weighted by atomic mass is 10.0. The standard InChI is InChI=1S/C18H23N3O4/c22-17(24-12-13-4-2-1-3-5-13)20-8-6-14(7-9-20)21-15-10-19-11-16(15)25-18(21)23/h1-5,14-16,19H,6-12H2/t15-,16+/m1/s1. The minimum Gasteiger partial charge on any atom is -0.445 e. The van der Waals surface area contributed by atoms with Crippen molar-refractivity contribution >= 4 is 12.2 Å². The predicted octanol–water partition coefficient (Wildman–Crippen LogP) is 1.58. The molecule has 0 aromatic heterocycles. The zero-order valence-corrected chi connectivity index (χ0v) is 14.1. The van der Waals surface area contributed by atoms with Crippen molar-refractivity contribution in [2.45, 2.75) is 37.6 Å². The predicted molar refractivity (Wildman–Crippen MR) is 90.0 cm³/mol. The monoisotopic (exact) mass is 345 g/mol. The molecule has 0 aliphatic carbocycles. The van der Waals surface area contributed by atoms with E-state index in [4.69, 9.17) is 9.47 Å². The Bertz CT molecular complexity index is 630. The molecule has 3 aliphatic rings. The minimum atomic E-state index is -0.285. The summed E-state index contributed by atoms with van der Waals surface area (Å²) in [5.74, 6) is 0. The average molecular weight is 345 g/mol. The Morgan fingerprint density at radius 3 is 2.72 bits per heavy atom. The molecule has 4 rings (SSSR count). The fourth-order valence-electron chi connectivity index (χ4n) is 3.92. The van der Waals surface area contributed by atoms with Crippen LogP contribution in [0.25, 0.3) is 0 Å². The van der Waals surface area contributed by atoms with Gasteiger partial charge in [-0.05, 0) is 18.4 Å². The van der Waals surface area contributed by atoms with Crippen LogP contribution >= 0.6 is 0 Å². The molecule has 0 bridgehead atoms. The molecule has 134 valence electrons. The Kier molecular flexibility index (Phi) is 4.48. The molecule has 3 fully saturated rings.